The first-order valence-corrected chi connectivity index (χ1v) is 8.47. The van der Waals surface area contributed by atoms with Gasteiger partial charge in [-0.05, 0) is 25.5 Å². The first kappa shape index (κ1) is 17.7. The average molecular weight is 386 g/mol. The summed E-state index contributed by atoms with van der Waals surface area (Å²) >= 11 is 12.0. The van der Waals surface area contributed by atoms with E-state index in [4.69, 9.17) is 27.9 Å². The van der Waals surface area contributed by atoms with Crippen LogP contribution in [0.3, 0.4) is 0 Å². The van der Waals surface area contributed by atoms with Gasteiger partial charge in [0, 0.05) is 33.5 Å². The highest BCUT2D eigenvalue weighted by atomic mass is 35.5. The molecular weight excluding hydrogens is 370 g/mol. The van der Waals surface area contributed by atoms with Crippen molar-refractivity contribution in [2.75, 3.05) is 12.0 Å². The number of hydrogen-bond acceptors (Lipinski definition) is 3. The van der Waals surface area contributed by atoms with E-state index < -0.39 is 11.8 Å². The maximum atomic E-state index is 14.2. The first-order chi connectivity index (χ1) is 12.0. The predicted molar refractivity (Wildman–Crippen MR) is 91.1 cm³/mol. The molecule has 0 bridgehead atoms. The van der Waals surface area contributed by atoms with Gasteiger partial charge in [0.05, 0.1) is 16.7 Å². The molecule has 0 spiro atoms. The van der Waals surface area contributed by atoms with Gasteiger partial charge in [0.2, 0.25) is 6.20 Å². The van der Waals surface area contributed by atoms with Crippen LogP contribution in [0.5, 0.6) is 5.75 Å². The van der Waals surface area contributed by atoms with Crippen molar-refractivity contribution in [3.63, 3.8) is 0 Å². The van der Waals surface area contributed by atoms with Crippen molar-refractivity contribution in [2.45, 2.75) is 25.3 Å². The first-order valence-electron chi connectivity index (χ1n) is 7.71. The quantitative estimate of drug-likeness (QED) is 0.777. The Morgan fingerprint density at radius 2 is 2.24 bits per heavy atom. The molecule has 2 unspecified atom stereocenters. The second-order valence-corrected chi connectivity index (χ2v) is 6.34. The molecule has 2 aromatic rings. The van der Waals surface area contributed by atoms with E-state index in [-0.39, 0.29) is 17.0 Å². The van der Waals surface area contributed by atoms with E-state index in [0.717, 1.165) is 0 Å². The number of nitrogens with zero attached hydrogens (tertiary/aromatic N) is 2. The fourth-order valence-corrected chi connectivity index (χ4v) is 2.99. The molecule has 3 rings (SSSR count). The molecule has 1 fully saturated rings. The van der Waals surface area contributed by atoms with E-state index in [1.165, 1.54) is 29.3 Å². The zero-order chi connectivity index (χ0) is 18.0. The van der Waals surface area contributed by atoms with Crippen LogP contribution in [0, 0.1) is 5.82 Å². The molecule has 9 heteroatoms. The Bertz CT molecular complexity index is 788. The summed E-state index contributed by atoms with van der Waals surface area (Å²) in [5, 5.41) is 7.37. The number of ether oxygens (including phenoxy) is 1. The van der Waals surface area contributed by atoms with Crippen molar-refractivity contribution in [2.24, 2.45) is 0 Å². The number of halogens is 3. The number of carbonyl (C=O) groups excluding carboxylic acids is 1. The molecule has 1 aliphatic carbocycles. The molecule has 6 nitrogen and oxygen atoms in total. The van der Waals surface area contributed by atoms with Crippen molar-refractivity contribution in [3.8, 4) is 5.75 Å². The van der Waals surface area contributed by atoms with Gasteiger partial charge in [-0.2, -0.15) is 0 Å². The molecule has 0 aliphatic heterocycles. The second kappa shape index (κ2) is 7.41. The highest BCUT2D eigenvalue weighted by Crippen LogP contribution is 2.47. The van der Waals surface area contributed by atoms with Gasteiger partial charge in [0.25, 0.3) is 0 Å². The van der Waals surface area contributed by atoms with Crippen molar-refractivity contribution >= 4 is 29.2 Å². The van der Waals surface area contributed by atoms with Crippen LogP contribution in [-0.4, -0.2) is 23.8 Å². The van der Waals surface area contributed by atoms with Crippen LogP contribution in [0.4, 0.5) is 9.18 Å². The standard InChI is InChI=1S/C16H15Cl2FN4O2/c1-2-25-13-4-3-11(19)14(15(13)18)10-7-12(10)21-16(24)22-23-6-5-9(17)8-20-23/h3-6,8,10,12H,2,7H2,1H3,(H-,20,21,22,24)/p+1. The van der Waals surface area contributed by atoms with Crippen LogP contribution in [0.15, 0.2) is 30.6 Å². The lowest BCUT2D eigenvalue weighted by atomic mass is 10.1. The Labute approximate surface area is 153 Å². The summed E-state index contributed by atoms with van der Waals surface area (Å²) in [6, 6.07) is 3.75. The zero-order valence-electron chi connectivity index (χ0n) is 13.3. The molecule has 2 atom stereocenters. The van der Waals surface area contributed by atoms with Crippen LogP contribution in [0.25, 0.3) is 0 Å². The molecule has 2 N–H and O–H groups in total. The van der Waals surface area contributed by atoms with Crippen molar-refractivity contribution in [3.05, 3.63) is 52.0 Å². The molecule has 0 saturated heterocycles. The van der Waals surface area contributed by atoms with Crippen LogP contribution >= 0.6 is 23.2 Å². The molecule has 1 saturated carbocycles. The number of urea groups is 1. The normalized spacial score (nSPS) is 18.6. The highest BCUT2D eigenvalue weighted by molar-refractivity contribution is 6.33. The van der Waals surface area contributed by atoms with Gasteiger partial charge in [-0.25, -0.2) is 9.18 Å². The Balaban J connectivity index is 1.64. The predicted octanol–water partition coefficient (Wildman–Crippen LogP) is 3.02. The van der Waals surface area contributed by atoms with Crippen LogP contribution < -0.4 is 20.3 Å². The monoisotopic (exact) mass is 385 g/mol. The Kier molecular flexibility index (Phi) is 5.24. The number of nitrogens with one attached hydrogen (secondary N) is 2. The van der Waals surface area contributed by atoms with E-state index in [1.54, 1.807) is 6.07 Å². The summed E-state index contributed by atoms with van der Waals surface area (Å²) in [5.74, 6) is -0.157. The Hall–Kier alpha value is -2.12. The molecule has 1 aromatic carbocycles. The molecule has 1 heterocycles. The second-order valence-electron chi connectivity index (χ2n) is 5.53. The van der Waals surface area contributed by atoms with E-state index in [2.05, 4.69) is 15.8 Å². The number of aromatic nitrogens is 2. The SMILES string of the molecule is CCOc1ccc(F)c(C2CC2NC(=O)N[n+]2ccc(Cl)cn2)c1Cl. The molecule has 1 aliphatic rings. The molecule has 2 amide bonds. The fourth-order valence-electron chi connectivity index (χ4n) is 2.54. The van der Waals surface area contributed by atoms with Gasteiger partial charge >= 0.3 is 6.03 Å². The minimum atomic E-state index is -0.454. The average Bonchev–Trinajstić information content (AvgIpc) is 3.31. The number of benzene rings is 1. The van der Waals surface area contributed by atoms with E-state index in [0.29, 0.717) is 29.4 Å². The molecule has 132 valence electrons. The summed E-state index contributed by atoms with van der Waals surface area (Å²) in [7, 11) is 0. The fraction of sp³-hybridized carbons (Fsp3) is 0.312. The van der Waals surface area contributed by atoms with E-state index in [1.807, 2.05) is 6.92 Å². The molecule has 25 heavy (non-hydrogen) atoms. The Morgan fingerprint density at radius 3 is 2.92 bits per heavy atom. The largest absolute Gasteiger partial charge is 0.492 e. The van der Waals surface area contributed by atoms with Gasteiger partial charge in [-0.3, -0.25) is 0 Å². The van der Waals surface area contributed by atoms with Crippen LogP contribution in [-0.2, 0) is 0 Å². The molecule has 0 radical (unpaired) electrons. The van der Waals surface area contributed by atoms with Crippen molar-refractivity contribution in [1.29, 1.82) is 0 Å². The van der Waals surface area contributed by atoms with Crippen LogP contribution in [0.1, 0.15) is 24.8 Å². The number of amides is 2. The smallest absolute Gasteiger partial charge is 0.370 e. The lowest BCUT2D eigenvalue weighted by Gasteiger charge is -2.11. The third kappa shape index (κ3) is 4.11. The van der Waals surface area contributed by atoms with Gasteiger partial charge in [-0.1, -0.05) is 28.6 Å². The minimum Gasteiger partial charge on any atom is -0.492 e. The van der Waals surface area contributed by atoms with Gasteiger partial charge in [0.15, 0.2) is 0 Å². The topological polar surface area (TPSA) is 67.1 Å². The maximum absolute atomic E-state index is 14.2. The minimum absolute atomic E-state index is 0.193. The summed E-state index contributed by atoms with van der Waals surface area (Å²) in [6.45, 7) is 2.26. The summed E-state index contributed by atoms with van der Waals surface area (Å²) < 4.78 is 19.6. The summed E-state index contributed by atoms with van der Waals surface area (Å²) in [5.41, 5.74) is 2.89. The van der Waals surface area contributed by atoms with Crippen molar-refractivity contribution in [1.82, 2.24) is 10.4 Å². The van der Waals surface area contributed by atoms with Gasteiger partial charge in [-0.15, -0.1) is 0 Å². The van der Waals surface area contributed by atoms with E-state index in [9.17, 15) is 9.18 Å². The Morgan fingerprint density at radius 1 is 1.44 bits per heavy atom. The number of carbonyl (C=O) groups is 1. The summed E-state index contributed by atoms with van der Waals surface area (Å²) in [4.78, 5) is 13.2. The highest BCUT2D eigenvalue weighted by Gasteiger charge is 2.43. The van der Waals surface area contributed by atoms with Gasteiger partial charge < -0.3 is 10.1 Å². The third-order valence-electron chi connectivity index (χ3n) is 3.77. The lowest BCUT2D eigenvalue weighted by molar-refractivity contribution is -0.702. The van der Waals surface area contributed by atoms with Crippen molar-refractivity contribution < 1.29 is 18.7 Å². The number of rotatable bonds is 5. The van der Waals surface area contributed by atoms with Crippen LogP contribution in [0.2, 0.25) is 10.0 Å². The number of hydrogen-bond donors (Lipinski definition) is 2. The maximum Gasteiger partial charge on any atom is 0.370 e. The molecular formula is C16H16Cl2FN4O2+. The van der Waals surface area contributed by atoms with Gasteiger partial charge in [0.1, 0.15) is 17.8 Å². The zero-order valence-corrected chi connectivity index (χ0v) is 14.8. The summed E-state index contributed by atoms with van der Waals surface area (Å²) in [6.07, 6.45) is 3.50. The third-order valence-corrected chi connectivity index (χ3v) is 4.38. The molecule has 1 aromatic heterocycles. The lowest BCUT2D eigenvalue weighted by Crippen LogP contribution is -2.54. The van der Waals surface area contributed by atoms with E-state index >= 15 is 0 Å².